The molecule has 2 aromatic heterocycles. The predicted molar refractivity (Wildman–Crippen MR) is 166 cm³/mol. The lowest BCUT2D eigenvalue weighted by molar-refractivity contribution is -0.137. The summed E-state index contributed by atoms with van der Waals surface area (Å²) in [5.41, 5.74) is 3.37. The van der Waals surface area contributed by atoms with Crippen LogP contribution in [0.1, 0.15) is 24.5 Å². The van der Waals surface area contributed by atoms with Gasteiger partial charge in [0.2, 0.25) is 11.1 Å². The molecule has 222 valence electrons. The van der Waals surface area contributed by atoms with Crippen LogP contribution in [0.4, 0.5) is 18.9 Å². The molecular formula is C31H28BrF3N6OS. The van der Waals surface area contributed by atoms with Crippen molar-refractivity contribution >= 4 is 61.4 Å². The van der Waals surface area contributed by atoms with Crippen molar-refractivity contribution in [2.24, 2.45) is 0 Å². The normalized spacial score (nSPS) is 14.9. The maximum atomic E-state index is 13.6. The molecule has 0 N–H and O–H groups in total. The van der Waals surface area contributed by atoms with Crippen LogP contribution in [0.2, 0.25) is 0 Å². The number of aromatic nitrogens is 4. The van der Waals surface area contributed by atoms with Crippen molar-refractivity contribution in [3.8, 4) is 0 Å². The second-order valence-electron chi connectivity index (χ2n) is 10.4. The van der Waals surface area contributed by atoms with Gasteiger partial charge in [-0.1, -0.05) is 71.0 Å². The van der Waals surface area contributed by atoms with E-state index in [2.05, 4.69) is 42.8 Å². The highest BCUT2D eigenvalue weighted by molar-refractivity contribution is 9.10. The zero-order chi connectivity index (χ0) is 30.1. The number of carbonyl (C=O) groups excluding carboxylic acids is 1. The van der Waals surface area contributed by atoms with E-state index in [0.29, 0.717) is 61.2 Å². The molecule has 1 saturated heterocycles. The van der Waals surface area contributed by atoms with E-state index in [-0.39, 0.29) is 5.91 Å². The lowest BCUT2D eigenvalue weighted by atomic mass is 10.1. The van der Waals surface area contributed by atoms with Crippen LogP contribution in [0.5, 0.6) is 0 Å². The maximum Gasteiger partial charge on any atom is 0.416 e. The van der Waals surface area contributed by atoms with Gasteiger partial charge in [0.25, 0.3) is 0 Å². The molecule has 12 heteroatoms. The molecule has 1 atom stereocenters. The van der Waals surface area contributed by atoms with Crippen LogP contribution in [0.25, 0.3) is 22.1 Å². The first-order chi connectivity index (χ1) is 20.7. The zero-order valence-corrected chi connectivity index (χ0v) is 25.7. The Morgan fingerprint density at radius 3 is 2.44 bits per heavy atom. The van der Waals surface area contributed by atoms with Gasteiger partial charge in [0, 0.05) is 48.3 Å². The third kappa shape index (κ3) is 6.21. The fraction of sp³-hybridized carbons (Fsp3) is 0.290. The quantitative estimate of drug-likeness (QED) is 0.174. The van der Waals surface area contributed by atoms with Crippen LogP contribution in [0, 0.1) is 0 Å². The van der Waals surface area contributed by atoms with Gasteiger partial charge in [-0.15, -0.1) is 10.2 Å². The second kappa shape index (κ2) is 12.2. The van der Waals surface area contributed by atoms with Gasteiger partial charge in [-0.05, 0) is 48.4 Å². The first-order valence-corrected chi connectivity index (χ1v) is 15.6. The third-order valence-corrected chi connectivity index (χ3v) is 9.36. The molecule has 6 rings (SSSR count). The minimum absolute atomic E-state index is 0.0321. The molecule has 1 unspecified atom stereocenters. The van der Waals surface area contributed by atoms with E-state index < -0.39 is 17.0 Å². The Hall–Kier alpha value is -3.64. The van der Waals surface area contributed by atoms with Crippen molar-refractivity contribution in [1.82, 2.24) is 24.6 Å². The summed E-state index contributed by atoms with van der Waals surface area (Å²) in [5.74, 6) is -0.0321. The Morgan fingerprint density at radius 2 is 1.72 bits per heavy atom. The van der Waals surface area contributed by atoms with Crippen LogP contribution in [-0.2, 0) is 17.5 Å². The fourth-order valence-corrected chi connectivity index (χ4v) is 6.54. The highest BCUT2D eigenvalue weighted by Crippen LogP contribution is 2.33. The van der Waals surface area contributed by atoms with Crippen LogP contribution in [0.15, 0.2) is 82.4 Å². The van der Waals surface area contributed by atoms with Gasteiger partial charge in [-0.2, -0.15) is 13.2 Å². The summed E-state index contributed by atoms with van der Waals surface area (Å²) in [6.45, 7) is 4.30. The first-order valence-electron chi connectivity index (χ1n) is 13.9. The molecule has 0 saturated carbocycles. The van der Waals surface area contributed by atoms with E-state index in [4.69, 9.17) is 4.98 Å². The number of alkyl halides is 3. The Kier molecular flexibility index (Phi) is 8.32. The molecule has 1 fully saturated rings. The highest BCUT2D eigenvalue weighted by Gasteiger charge is 2.32. The van der Waals surface area contributed by atoms with E-state index in [1.807, 2.05) is 48.2 Å². The van der Waals surface area contributed by atoms with Crippen molar-refractivity contribution in [2.45, 2.75) is 36.5 Å². The number of benzene rings is 3. The minimum Gasteiger partial charge on any atom is -0.368 e. The minimum atomic E-state index is -4.40. The predicted octanol–water partition coefficient (Wildman–Crippen LogP) is 7.03. The molecule has 1 aliphatic rings. The summed E-state index contributed by atoms with van der Waals surface area (Å²) in [5, 5.41) is 9.91. The number of carbonyl (C=O) groups is 1. The third-order valence-electron chi connectivity index (χ3n) is 7.63. The van der Waals surface area contributed by atoms with Gasteiger partial charge in [0.15, 0.2) is 5.65 Å². The van der Waals surface area contributed by atoms with Gasteiger partial charge in [0.05, 0.1) is 16.3 Å². The Bertz CT molecular complexity index is 1770. The van der Waals surface area contributed by atoms with Crippen LogP contribution >= 0.6 is 27.7 Å². The van der Waals surface area contributed by atoms with Gasteiger partial charge in [-0.25, -0.2) is 4.98 Å². The van der Waals surface area contributed by atoms with Crippen LogP contribution < -0.4 is 4.90 Å². The Labute approximate surface area is 259 Å². The summed E-state index contributed by atoms with van der Waals surface area (Å²) in [4.78, 5) is 22.1. The molecule has 7 nitrogen and oxygen atoms in total. The van der Waals surface area contributed by atoms with Crippen molar-refractivity contribution in [1.29, 1.82) is 0 Å². The molecule has 1 aliphatic heterocycles. The summed E-state index contributed by atoms with van der Waals surface area (Å²) in [6.07, 6.45) is -3.83. The van der Waals surface area contributed by atoms with Crippen LogP contribution in [-0.4, -0.2) is 62.0 Å². The molecule has 0 bridgehead atoms. The second-order valence-corrected chi connectivity index (χ2v) is 12.5. The summed E-state index contributed by atoms with van der Waals surface area (Å²) < 4.78 is 42.7. The van der Waals surface area contributed by atoms with E-state index in [9.17, 15) is 18.0 Å². The summed E-state index contributed by atoms with van der Waals surface area (Å²) >= 11 is 4.79. The molecule has 1 amide bonds. The maximum absolute atomic E-state index is 13.6. The molecule has 3 aromatic carbocycles. The fourth-order valence-electron chi connectivity index (χ4n) is 5.37. The topological polar surface area (TPSA) is 67.2 Å². The van der Waals surface area contributed by atoms with Gasteiger partial charge < -0.3 is 14.4 Å². The largest absolute Gasteiger partial charge is 0.416 e. The van der Waals surface area contributed by atoms with Gasteiger partial charge in [-0.3, -0.25) is 4.79 Å². The number of fused-ring (bicyclic) bond motifs is 3. The molecule has 43 heavy (non-hydrogen) atoms. The zero-order valence-electron chi connectivity index (χ0n) is 23.3. The molecule has 0 radical (unpaired) electrons. The van der Waals surface area contributed by atoms with Crippen LogP contribution in [0.3, 0.4) is 0 Å². The molecular weight excluding hydrogens is 641 g/mol. The number of para-hydroxylation sites is 1. The SMILES string of the molecule is CCC(Sc1nnc2c3ccccc3n(Cc3ccc(Br)cc3)c2n1)C(=O)N1CCN(c2cccc(C(F)(F)F)c2)CC1. The molecule has 0 spiro atoms. The lowest BCUT2D eigenvalue weighted by Crippen LogP contribution is -2.51. The van der Waals surface area contributed by atoms with E-state index in [0.717, 1.165) is 27.0 Å². The van der Waals surface area contributed by atoms with Gasteiger partial charge >= 0.3 is 6.18 Å². The number of anilines is 1. The molecule has 5 aromatic rings. The Morgan fingerprint density at radius 1 is 0.977 bits per heavy atom. The first kappa shape index (κ1) is 29.4. The highest BCUT2D eigenvalue weighted by atomic mass is 79.9. The van der Waals surface area contributed by atoms with Crippen molar-refractivity contribution in [3.05, 3.63) is 88.4 Å². The average Bonchev–Trinajstić information content (AvgIpc) is 3.33. The smallest absolute Gasteiger partial charge is 0.368 e. The average molecular weight is 670 g/mol. The number of amides is 1. The van der Waals surface area contributed by atoms with Gasteiger partial charge in [0.1, 0.15) is 5.52 Å². The summed E-state index contributed by atoms with van der Waals surface area (Å²) in [6, 6.07) is 21.5. The Balaban J connectivity index is 1.19. The van der Waals surface area contributed by atoms with Crippen molar-refractivity contribution in [3.63, 3.8) is 0 Å². The number of halogens is 4. The van der Waals surface area contributed by atoms with E-state index in [1.165, 1.54) is 23.9 Å². The number of piperazine rings is 1. The number of thioether (sulfide) groups is 1. The summed E-state index contributed by atoms with van der Waals surface area (Å²) in [7, 11) is 0. The lowest BCUT2D eigenvalue weighted by Gasteiger charge is -2.37. The standard InChI is InChI=1S/C31H28BrF3N6OS/c1-2-26(29(42)40-16-14-39(15-17-40)23-7-5-6-21(18-23)31(33,34)35)43-30-36-28-27(37-38-30)24-8-3-4-9-25(24)41(28)19-20-10-12-22(32)13-11-20/h3-13,18,26H,2,14-17,19H2,1H3. The van der Waals surface area contributed by atoms with Crippen molar-refractivity contribution < 1.29 is 18.0 Å². The number of nitrogens with zero attached hydrogens (tertiary/aromatic N) is 6. The molecule has 0 aliphatic carbocycles. The van der Waals surface area contributed by atoms with E-state index in [1.54, 1.807) is 11.0 Å². The molecule has 3 heterocycles. The van der Waals surface area contributed by atoms with Crippen molar-refractivity contribution in [2.75, 3.05) is 31.1 Å². The number of hydrogen-bond donors (Lipinski definition) is 0. The van der Waals surface area contributed by atoms with E-state index >= 15 is 0 Å². The monoisotopic (exact) mass is 668 g/mol. The number of hydrogen-bond acceptors (Lipinski definition) is 6. The number of rotatable bonds is 7.